The van der Waals surface area contributed by atoms with Crippen molar-refractivity contribution in [3.63, 3.8) is 0 Å². The fourth-order valence-electron chi connectivity index (χ4n) is 8.84. The van der Waals surface area contributed by atoms with E-state index in [9.17, 15) is 18.8 Å². The molecule has 7 heterocycles. The average Bonchev–Trinajstić information content (AvgIpc) is 3.94. The van der Waals surface area contributed by atoms with Crippen molar-refractivity contribution in [3.8, 4) is 11.4 Å². The number of fused-ring (bicyclic) bond motifs is 2. The maximum atomic E-state index is 14.1. The smallest absolute Gasteiger partial charge is 0.329 e. The molecule has 3 aliphatic heterocycles. The third-order valence-electron chi connectivity index (χ3n) is 11.7. The van der Waals surface area contributed by atoms with Crippen molar-refractivity contribution in [2.45, 2.75) is 57.0 Å². The molecule has 6 aromatic rings. The van der Waals surface area contributed by atoms with Crippen LogP contribution in [0.15, 0.2) is 83.8 Å². The quantitative estimate of drug-likeness (QED) is 0.151. The molecular weight excluding hydrogens is 712 g/mol. The molecule has 0 bridgehead atoms. The van der Waals surface area contributed by atoms with Crippen LogP contribution in [0.1, 0.15) is 61.7 Å². The number of aryl methyl sites for hydroxylation is 2. The Morgan fingerprint density at radius 3 is 2.54 bits per heavy atom. The van der Waals surface area contributed by atoms with E-state index in [0.717, 1.165) is 122 Å². The van der Waals surface area contributed by atoms with Crippen molar-refractivity contribution >= 4 is 40.1 Å². The van der Waals surface area contributed by atoms with Gasteiger partial charge in [-0.15, -0.1) is 5.10 Å². The Morgan fingerprint density at radius 2 is 1.70 bits per heavy atom. The minimum Gasteiger partial charge on any atom is -0.354 e. The predicted molar refractivity (Wildman–Crippen MR) is 212 cm³/mol. The van der Waals surface area contributed by atoms with Gasteiger partial charge in [0.15, 0.2) is 5.65 Å². The van der Waals surface area contributed by atoms with E-state index in [1.807, 2.05) is 53.2 Å². The van der Waals surface area contributed by atoms with Gasteiger partial charge < -0.3 is 9.80 Å². The highest BCUT2D eigenvalue weighted by Gasteiger charge is 2.32. The maximum Gasteiger partial charge on any atom is 0.329 e. The Labute approximate surface area is 323 Å². The highest BCUT2D eigenvalue weighted by atomic mass is 19.1. The molecule has 14 heteroatoms. The van der Waals surface area contributed by atoms with Gasteiger partial charge in [-0.25, -0.2) is 23.7 Å². The molecule has 3 aliphatic rings. The van der Waals surface area contributed by atoms with Gasteiger partial charge in [-0.1, -0.05) is 30.3 Å². The van der Waals surface area contributed by atoms with Crippen LogP contribution in [-0.4, -0.2) is 84.7 Å². The number of pyridine rings is 1. The van der Waals surface area contributed by atoms with E-state index >= 15 is 0 Å². The molecule has 288 valence electrons. The van der Waals surface area contributed by atoms with Crippen molar-refractivity contribution in [3.05, 3.63) is 106 Å². The van der Waals surface area contributed by atoms with Crippen LogP contribution < -0.4 is 20.8 Å². The number of halogens is 1. The Morgan fingerprint density at radius 1 is 0.857 bits per heavy atom. The van der Waals surface area contributed by atoms with Crippen molar-refractivity contribution in [1.82, 2.24) is 38.9 Å². The summed E-state index contributed by atoms with van der Waals surface area (Å²) in [6, 6.07) is 22.3. The SMILES string of the molecule is Cn1c(=O)n(C2CCC(=O)NC2=O)c2cccc(CCCCN3CCN(c4cccc(-c5cnc6ccc(N7CCC[C@@H]7c7cccc(F)c7)nn56)n4)CC3)c21. The number of amides is 2. The number of rotatable bonds is 10. The molecule has 2 aromatic carbocycles. The summed E-state index contributed by atoms with van der Waals surface area (Å²) in [6.45, 7) is 5.46. The zero-order chi connectivity index (χ0) is 38.3. The second-order valence-corrected chi connectivity index (χ2v) is 15.1. The summed E-state index contributed by atoms with van der Waals surface area (Å²) in [4.78, 5) is 54.5. The zero-order valence-corrected chi connectivity index (χ0v) is 31.5. The number of piperazine rings is 1. The minimum atomic E-state index is -0.685. The lowest BCUT2D eigenvalue weighted by Gasteiger charge is -2.35. The fraction of sp³-hybridized carbons (Fsp3) is 0.381. The number of anilines is 2. The first kappa shape index (κ1) is 35.8. The number of carbonyl (C=O) groups is 2. The summed E-state index contributed by atoms with van der Waals surface area (Å²) < 4.78 is 19.2. The summed E-state index contributed by atoms with van der Waals surface area (Å²) in [5, 5.41) is 7.42. The molecule has 0 aliphatic carbocycles. The molecule has 0 saturated carbocycles. The van der Waals surface area contributed by atoms with Crippen molar-refractivity contribution in [1.29, 1.82) is 0 Å². The van der Waals surface area contributed by atoms with Crippen LogP contribution in [0.2, 0.25) is 0 Å². The number of piperidine rings is 1. The van der Waals surface area contributed by atoms with Gasteiger partial charge in [0.05, 0.1) is 29.0 Å². The van der Waals surface area contributed by atoms with Crippen LogP contribution >= 0.6 is 0 Å². The number of aromatic nitrogens is 6. The van der Waals surface area contributed by atoms with Gasteiger partial charge in [-0.05, 0) is 98.7 Å². The number of unbranched alkanes of at least 4 members (excludes halogenated alkanes) is 1. The Hall–Kier alpha value is -5.89. The van der Waals surface area contributed by atoms with Crippen LogP contribution in [0.3, 0.4) is 0 Å². The van der Waals surface area contributed by atoms with Crippen LogP contribution in [0, 0.1) is 5.82 Å². The third-order valence-corrected chi connectivity index (χ3v) is 11.7. The number of hydrogen-bond donors (Lipinski definition) is 1. The summed E-state index contributed by atoms with van der Waals surface area (Å²) in [7, 11) is 1.76. The highest BCUT2D eigenvalue weighted by Crippen LogP contribution is 2.36. The second-order valence-electron chi connectivity index (χ2n) is 15.1. The molecule has 13 nitrogen and oxygen atoms in total. The summed E-state index contributed by atoms with van der Waals surface area (Å²) in [5.74, 6) is 0.834. The number of imidazole rings is 2. The summed E-state index contributed by atoms with van der Waals surface area (Å²) in [6.07, 6.45) is 7.16. The first-order valence-corrected chi connectivity index (χ1v) is 19.7. The van der Waals surface area contributed by atoms with Crippen LogP contribution in [-0.2, 0) is 23.1 Å². The summed E-state index contributed by atoms with van der Waals surface area (Å²) >= 11 is 0. The first-order chi connectivity index (χ1) is 27.3. The van der Waals surface area contributed by atoms with Crippen molar-refractivity contribution in [2.24, 2.45) is 7.05 Å². The van der Waals surface area contributed by atoms with E-state index in [0.29, 0.717) is 6.42 Å². The van der Waals surface area contributed by atoms with E-state index in [4.69, 9.17) is 10.1 Å². The number of carbonyl (C=O) groups excluding carboxylic acids is 2. The number of benzene rings is 2. The van der Waals surface area contributed by atoms with Gasteiger partial charge in [-0.3, -0.25) is 28.9 Å². The minimum absolute atomic E-state index is 0.0706. The molecule has 1 unspecified atom stereocenters. The molecule has 0 radical (unpaired) electrons. The van der Waals surface area contributed by atoms with E-state index in [1.165, 1.54) is 6.07 Å². The Bertz CT molecular complexity index is 2500. The predicted octanol–water partition coefficient (Wildman–Crippen LogP) is 5.05. The normalized spacial score (nSPS) is 19.4. The molecule has 1 N–H and O–H groups in total. The number of imide groups is 1. The number of para-hydroxylation sites is 1. The maximum absolute atomic E-state index is 14.1. The Balaban J connectivity index is 0.822. The first-order valence-electron chi connectivity index (χ1n) is 19.7. The fourth-order valence-corrected chi connectivity index (χ4v) is 8.84. The van der Waals surface area contributed by atoms with E-state index in [1.54, 1.807) is 28.3 Å². The molecule has 56 heavy (non-hydrogen) atoms. The largest absolute Gasteiger partial charge is 0.354 e. The third kappa shape index (κ3) is 6.71. The number of nitrogens with zero attached hydrogens (tertiary/aromatic N) is 9. The van der Waals surface area contributed by atoms with E-state index in [2.05, 4.69) is 37.1 Å². The molecule has 3 fully saturated rings. The number of nitrogens with one attached hydrogen (secondary N) is 1. The summed E-state index contributed by atoms with van der Waals surface area (Å²) in [5.41, 5.74) is 5.79. The van der Waals surface area contributed by atoms with Gasteiger partial charge >= 0.3 is 5.69 Å². The topological polar surface area (TPSA) is 126 Å². The van der Waals surface area contributed by atoms with Crippen molar-refractivity contribution < 1.29 is 14.0 Å². The molecule has 3 saturated heterocycles. The molecule has 2 amide bonds. The second kappa shape index (κ2) is 15.0. The van der Waals surface area contributed by atoms with Gasteiger partial charge in [0, 0.05) is 46.2 Å². The lowest BCUT2D eigenvalue weighted by Crippen LogP contribution is -2.46. The molecule has 2 atom stereocenters. The van der Waals surface area contributed by atoms with Gasteiger partial charge in [0.1, 0.15) is 29.2 Å². The molecule has 4 aromatic heterocycles. The monoisotopic (exact) mass is 756 g/mol. The standard InChI is InChI=1S/C42H45FN10O3/c1-48-40-28(9-5-13-33(40)52(42(48)56)34-16-19-39(54)46-41(34)55)8-2-3-20-49-22-24-50(25-23-49)37-15-6-12-31(45-37)35-27-44-36-17-18-38(47-53(35)36)51-21-7-14-32(51)29-10-4-11-30(43)26-29/h4-6,9-13,15,17-18,26-27,32,34H,2-3,7-8,14,16,19-25H2,1H3,(H,46,54,55)/t32-,34?/m1/s1. The lowest BCUT2D eigenvalue weighted by atomic mass is 10.0. The molecule has 0 spiro atoms. The zero-order valence-electron chi connectivity index (χ0n) is 31.5. The van der Waals surface area contributed by atoms with Gasteiger partial charge in [-0.2, -0.15) is 0 Å². The van der Waals surface area contributed by atoms with Crippen LogP contribution in [0.5, 0.6) is 0 Å². The van der Waals surface area contributed by atoms with Crippen LogP contribution in [0.25, 0.3) is 28.1 Å². The number of hydrogen-bond acceptors (Lipinski definition) is 9. The van der Waals surface area contributed by atoms with Gasteiger partial charge in [0.25, 0.3) is 0 Å². The Kier molecular flexibility index (Phi) is 9.57. The van der Waals surface area contributed by atoms with Crippen molar-refractivity contribution in [2.75, 3.05) is 49.1 Å². The molecule has 9 rings (SSSR count). The van der Waals surface area contributed by atoms with E-state index in [-0.39, 0.29) is 29.9 Å². The highest BCUT2D eigenvalue weighted by molar-refractivity contribution is 6.00. The lowest BCUT2D eigenvalue weighted by molar-refractivity contribution is -0.135. The van der Waals surface area contributed by atoms with E-state index < -0.39 is 11.9 Å². The van der Waals surface area contributed by atoms with Crippen LogP contribution in [0.4, 0.5) is 16.0 Å². The molecular formula is C42H45FN10O3. The average molecular weight is 757 g/mol. The van der Waals surface area contributed by atoms with Gasteiger partial charge in [0.2, 0.25) is 11.8 Å².